The lowest BCUT2D eigenvalue weighted by molar-refractivity contribution is -0.141. The summed E-state index contributed by atoms with van der Waals surface area (Å²) in [6.07, 6.45) is -8.45. The number of pyridine rings is 1. The molecular weight excluding hydrogens is 228 g/mol. The Morgan fingerprint density at radius 1 is 1.27 bits per heavy atom. The van der Waals surface area contributed by atoms with Gasteiger partial charge in [0.25, 0.3) is 12.0 Å². The molecule has 0 amide bonds. The molecule has 0 atom stereocenters. The van der Waals surface area contributed by atoms with Crippen LogP contribution in [0.1, 0.15) is 17.7 Å². The summed E-state index contributed by atoms with van der Waals surface area (Å²) in [4.78, 5) is 11.8. The van der Waals surface area contributed by atoms with Crippen molar-refractivity contribution in [3.05, 3.63) is 33.5 Å². The largest absolute Gasteiger partial charge is 0.431 e. The van der Waals surface area contributed by atoms with Gasteiger partial charge in [0, 0.05) is 6.07 Å². The van der Waals surface area contributed by atoms with Crippen molar-refractivity contribution < 1.29 is 26.3 Å². The molecule has 0 bridgehead atoms. The monoisotopic (exact) mass is 231 g/mol. The van der Waals surface area contributed by atoms with E-state index in [0.29, 0.717) is 0 Å². The average molecular weight is 231 g/mol. The zero-order valence-corrected chi connectivity index (χ0v) is 6.83. The van der Waals surface area contributed by atoms with Gasteiger partial charge < -0.3 is 4.98 Å². The molecule has 1 N–H and O–H groups in total. The first-order valence-electron chi connectivity index (χ1n) is 3.51. The van der Waals surface area contributed by atoms with E-state index in [1.807, 2.05) is 0 Å². The Morgan fingerprint density at radius 3 is 2.13 bits per heavy atom. The van der Waals surface area contributed by atoms with Crippen LogP contribution in [0.25, 0.3) is 0 Å². The smallest absolute Gasteiger partial charge is 0.318 e. The number of halogens is 6. The summed E-state index contributed by atoms with van der Waals surface area (Å²) in [7, 11) is 0. The third kappa shape index (κ3) is 2.31. The summed E-state index contributed by atoms with van der Waals surface area (Å²) >= 11 is 0. The van der Waals surface area contributed by atoms with Crippen LogP contribution in [0.5, 0.6) is 0 Å². The SMILES string of the molecule is O=c1[nH]c(C(F)(F)F)cc(F)c1C(F)F. The molecule has 0 aromatic carbocycles. The fraction of sp³-hybridized carbons (Fsp3) is 0.286. The molecule has 0 saturated heterocycles. The maximum atomic E-state index is 12.7. The first-order valence-corrected chi connectivity index (χ1v) is 3.51. The van der Waals surface area contributed by atoms with Crippen molar-refractivity contribution in [2.45, 2.75) is 12.6 Å². The van der Waals surface area contributed by atoms with Crippen molar-refractivity contribution in [2.24, 2.45) is 0 Å². The van der Waals surface area contributed by atoms with Crippen molar-refractivity contribution >= 4 is 0 Å². The molecule has 0 aliphatic heterocycles. The second-order valence-corrected chi connectivity index (χ2v) is 2.57. The number of nitrogens with one attached hydrogen (secondary N) is 1. The van der Waals surface area contributed by atoms with Crippen molar-refractivity contribution in [3.8, 4) is 0 Å². The van der Waals surface area contributed by atoms with Crippen LogP contribution < -0.4 is 5.56 Å². The molecule has 1 rings (SSSR count). The van der Waals surface area contributed by atoms with Gasteiger partial charge in [0.1, 0.15) is 17.1 Å². The molecule has 0 saturated carbocycles. The Balaban J connectivity index is 3.39. The van der Waals surface area contributed by atoms with Crippen LogP contribution in [0.3, 0.4) is 0 Å². The van der Waals surface area contributed by atoms with Gasteiger partial charge in [0.05, 0.1) is 0 Å². The number of aromatic nitrogens is 1. The van der Waals surface area contributed by atoms with Gasteiger partial charge in [-0.2, -0.15) is 13.2 Å². The number of alkyl halides is 5. The van der Waals surface area contributed by atoms with Gasteiger partial charge in [0.15, 0.2) is 0 Å². The minimum atomic E-state index is -4.99. The second-order valence-electron chi connectivity index (χ2n) is 2.57. The lowest BCUT2D eigenvalue weighted by Gasteiger charge is -2.07. The molecule has 15 heavy (non-hydrogen) atoms. The van der Waals surface area contributed by atoms with Crippen LogP contribution in [-0.2, 0) is 6.18 Å². The van der Waals surface area contributed by atoms with Gasteiger partial charge in [-0.05, 0) is 0 Å². The number of rotatable bonds is 1. The molecule has 1 aromatic heterocycles. The van der Waals surface area contributed by atoms with E-state index in [2.05, 4.69) is 0 Å². The first kappa shape index (κ1) is 11.6. The quantitative estimate of drug-likeness (QED) is 0.740. The maximum absolute atomic E-state index is 12.7. The second kappa shape index (κ2) is 3.59. The lowest BCUT2D eigenvalue weighted by atomic mass is 10.2. The Labute approximate surface area is 78.5 Å². The Hall–Kier alpha value is -1.47. The van der Waals surface area contributed by atoms with E-state index < -0.39 is 35.2 Å². The highest BCUT2D eigenvalue weighted by atomic mass is 19.4. The fourth-order valence-corrected chi connectivity index (χ4v) is 0.895. The number of hydrogen-bond acceptors (Lipinski definition) is 1. The predicted octanol–water partition coefficient (Wildman–Crippen LogP) is 2.47. The summed E-state index contributed by atoms with van der Waals surface area (Å²) < 4.78 is 72.5. The third-order valence-corrected chi connectivity index (χ3v) is 1.54. The van der Waals surface area contributed by atoms with Crippen LogP contribution in [0, 0.1) is 5.82 Å². The molecule has 0 aliphatic carbocycles. The predicted molar refractivity (Wildman–Crippen MR) is 37.0 cm³/mol. The van der Waals surface area contributed by atoms with Crippen LogP contribution >= 0.6 is 0 Å². The molecule has 8 heteroatoms. The Bertz CT molecular complexity index is 420. The molecule has 0 spiro atoms. The normalized spacial score (nSPS) is 12.2. The van der Waals surface area contributed by atoms with Crippen LogP contribution in [0.4, 0.5) is 26.3 Å². The van der Waals surface area contributed by atoms with Gasteiger partial charge in [0.2, 0.25) is 0 Å². The zero-order valence-electron chi connectivity index (χ0n) is 6.83. The van der Waals surface area contributed by atoms with E-state index in [1.54, 1.807) is 0 Å². The Morgan fingerprint density at radius 2 is 1.80 bits per heavy atom. The highest BCUT2D eigenvalue weighted by Crippen LogP contribution is 2.28. The standard InChI is InChI=1S/C7H3F6NO/c8-2-1-3(7(11,12)13)14-6(15)4(2)5(9)10/h1,5H,(H,14,15). The third-order valence-electron chi connectivity index (χ3n) is 1.54. The van der Waals surface area contributed by atoms with Crippen molar-refractivity contribution in [1.82, 2.24) is 4.98 Å². The molecule has 0 unspecified atom stereocenters. The van der Waals surface area contributed by atoms with Crippen molar-refractivity contribution in [2.75, 3.05) is 0 Å². The van der Waals surface area contributed by atoms with Crippen LogP contribution in [0.2, 0.25) is 0 Å². The van der Waals surface area contributed by atoms with Crippen LogP contribution in [0.15, 0.2) is 10.9 Å². The zero-order chi connectivity index (χ0) is 11.8. The van der Waals surface area contributed by atoms with E-state index in [0.717, 1.165) is 4.98 Å². The molecule has 1 aromatic rings. The van der Waals surface area contributed by atoms with Gasteiger partial charge >= 0.3 is 6.18 Å². The molecule has 1 heterocycles. The highest BCUT2D eigenvalue weighted by Gasteiger charge is 2.34. The van der Waals surface area contributed by atoms with Crippen molar-refractivity contribution in [3.63, 3.8) is 0 Å². The summed E-state index contributed by atoms with van der Waals surface area (Å²) in [6.45, 7) is 0. The summed E-state index contributed by atoms with van der Waals surface area (Å²) in [5.41, 5.74) is -5.07. The maximum Gasteiger partial charge on any atom is 0.431 e. The van der Waals surface area contributed by atoms with Gasteiger partial charge in [-0.3, -0.25) is 4.79 Å². The molecule has 0 radical (unpaired) electrons. The number of aromatic amines is 1. The fourth-order valence-electron chi connectivity index (χ4n) is 0.895. The van der Waals surface area contributed by atoms with Gasteiger partial charge in [-0.25, -0.2) is 13.2 Å². The van der Waals surface area contributed by atoms with Gasteiger partial charge in [-0.15, -0.1) is 0 Å². The van der Waals surface area contributed by atoms with E-state index in [9.17, 15) is 31.1 Å². The van der Waals surface area contributed by atoms with E-state index in [1.165, 1.54) is 0 Å². The molecule has 0 aliphatic rings. The lowest BCUT2D eigenvalue weighted by Crippen LogP contribution is -2.21. The Kier molecular flexibility index (Phi) is 2.78. The summed E-state index contributed by atoms with van der Waals surface area (Å²) in [6, 6.07) is -0.178. The minimum absolute atomic E-state index is 0.178. The molecular formula is C7H3F6NO. The minimum Gasteiger partial charge on any atom is -0.318 e. The topological polar surface area (TPSA) is 32.9 Å². The average Bonchev–Trinajstić information content (AvgIpc) is 1.99. The van der Waals surface area contributed by atoms with E-state index in [-0.39, 0.29) is 6.07 Å². The summed E-state index contributed by atoms with van der Waals surface area (Å²) in [5.74, 6) is -1.87. The van der Waals surface area contributed by atoms with Crippen LogP contribution in [-0.4, -0.2) is 4.98 Å². The van der Waals surface area contributed by atoms with E-state index >= 15 is 0 Å². The first-order chi connectivity index (χ1) is 6.73. The molecule has 0 fully saturated rings. The highest BCUT2D eigenvalue weighted by molar-refractivity contribution is 5.19. The molecule has 2 nitrogen and oxygen atoms in total. The van der Waals surface area contributed by atoms with Crippen molar-refractivity contribution in [1.29, 1.82) is 0 Å². The molecule has 84 valence electrons. The summed E-state index contributed by atoms with van der Waals surface area (Å²) in [5, 5.41) is 0. The van der Waals surface area contributed by atoms with Gasteiger partial charge in [-0.1, -0.05) is 0 Å². The number of hydrogen-bond donors (Lipinski definition) is 1. The number of H-pyrrole nitrogens is 1. The van der Waals surface area contributed by atoms with E-state index in [4.69, 9.17) is 0 Å².